The summed E-state index contributed by atoms with van der Waals surface area (Å²) in [5.74, 6) is -1.10. The molecule has 0 aliphatic heterocycles. The van der Waals surface area contributed by atoms with Crippen LogP contribution < -0.4 is 15.5 Å². The van der Waals surface area contributed by atoms with Crippen molar-refractivity contribution in [1.82, 2.24) is 5.43 Å². The zero-order valence-corrected chi connectivity index (χ0v) is 17.0. The number of benzene rings is 3. The minimum absolute atomic E-state index is 0.338. The molecular weight excluding hydrogens is 402 g/mol. The highest BCUT2D eigenvalue weighted by Gasteiger charge is 2.14. The Bertz CT molecular complexity index is 1080. The molecule has 6 nitrogen and oxygen atoms in total. The Morgan fingerprint density at radius 2 is 1.77 bits per heavy atom. The van der Waals surface area contributed by atoms with Gasteiger partial charge in [-0.25, -0.2) is 5.43 Å². The number of anilines is 1. The smallest absolute Gasteiger partial charge is 0.329 e. The van der Waals surface area contributed by atoms with Crippen LogP contribution in [0.5, 0.6) is 5.75 Å². The van der Waals surface area contributed by atoms with Crippen molar-refractivity contribution < 1.29 is 14.3 Å². The fourth-order valence-electron chi connectivity index (χ4n) is 2.58. The average Bonchev–Trinajstić information content (AvgIpc) is 2.75. The van der Waals surface area contributed by atoms with Gasteiger partial charge < -0.3 is 10.1 Å². The van der Waals surface area contributed by atoms with Crippen LogP contribution >= 0.6 is 11.6 Å². The Morgan fingerprint density at radius 1 is 1.00 bits per heavy atom. The maximum atomic E-state index is 11.9. The summed E-state index contributed by atoms with van der Waals surface area (Å²) < 4.78 is 5.83. The number of hydrogen-bond acceptors (Lipinski definition) is 4. The predicted octanol–water partition coefficient (Wildman–Crippen LogP) is 4.32. The Balaban J connectivity index is 1.54. The highest BCUT2D eigenvalue weighted by atomic mass is 35.5. The molecule has 0 heterocycles. The first-order valence-corrected chi connectivity index (χ1v) is 9.57. The molecule has 0 spiro atoms. The molecule has 7 heteroatoms. The number of amides is 2. The van der Waals surface area contributed by atoms with Crippen LogP contribution in [0.25, 0.3) is 0 Å². The van der Waals surface area contributed by atoms with Crippen LogP contribution in [0.15, 0.2) is 77.9 Å². The number of rotatable bonds is 6. The zero-order valence-electron chi connectivity index (χ0n) is 16.3. The molecule has 30 heavy (non-hydrogen) atoms. The molecule has 2 N–H and O–H groups in total. The van der Waals surface area contributed by atoms with E-state index in [9.17, 15) is 9.59 Å². The van der Waals surface area contributed by atoms with Crippen molar-refractivity contribution in [3.05, 3.63) is 94.5 Å². The van der Waals surface area contributed by atoms with Crippen LogP contribution in [-0.4, -0.2) is 18.0 Å². The van der Waals surface area contributed by atoms with Crippen molar-refractivity contribution in [2.45, 2.75) is 13.5 Å². The summed E-state index contributed by atoms with van der Waals surface area (Å²) in [6.45, 7) is 2.48. The van der Waals surface area contributed by atoms with E-state index in [1.807, 2.05) is 43.3 Å². The SMILES string of the molecule is Cc1ccccc1COc1cccc(/C=N/NC(=O)C(=O)Nc2ccccc2Cl)c1. The van der Waals surface area contributed by atoms with E-state index >= 15 is 0 Å². The number of hydrogen-bond donors (Lipinski definition) is 2. The first-order valence-electron chi connectivity index (χ1n) is 9.19. The number of ether oxygens (including phenoxy) is 1. The van der Waals surface area contributed by atoms with E-state index in [0.29, 0.717) is 28.6 Å². The van der Waals surface area contributed by atoms with Gasteiger partial charge in [0.05, 0.1) is 16.9 Å². The van der Waals surface area contributed by atoms with Gasteiger partial charge in [-0.15, -0.1) is 0 Å². The number of carbonyl (C=O) groups is 2. The largest absolute Gasteiger partial charge is 0.489 e. The first kappa shape index (κ1) is 21.1. The van der Waals surface area contributed by atoms with E-state index in [-0.39, 0.29) is 0 Å². The Morgan fingerprint density at radius 3 is 2.57 bits per heavy atom. The summed E-state index contributed by atoms with van der Waals surface area (Å²) in [6, 6.07) is 21.9. The normalized spacial score (nSPS) is 10.6. The van der Waals surface area contributed by atoms with E-state index in [1.165, 1.54) is 6.21 Å². The van der Waals surface area contributed by atoms with Crippen molar-refractivity contribution in [3.8, 4) is 5.75 Å². The van der Waals surface area contributed by atoms with Gasteiger partial charge in [-0.1, -0.05) is 60.1 Å². The van der Waals surface area contributed by atoms with Gasteiger partial charge in [-0.05, 0) is 47.9 Å². The van der Waals surface area contributed by atoms with Crippen molar-refractivity contribution in [2.75, 3.05) is 5.32 Å². The van der Waals surface area contributed by atoms with Crippen molar-refractivity contribution in [3.63, 3.8) is 0 Å². The molecular formula is C23H20ClN3O3. The molecule has 0 bridgehead atoms. The third kappa shape index (κ3) is 5.93. The van der Waals surface area contributed by atoms with E-state index in [2.05, 4.69) is 15.8 Å². The van der Waals surface area contributed by atoms with E-state index in [0.717, 1.165) is 11.1 Å². The topological polar surface area (TPSA) is 79.8 Å². The molecule has 0 saturated heterocycles. The molecule has 0 aliphatic carbocycles. The van der Waals surface area contributed by atoms with Crippen LogP contribution in [-0.2, 0) is 16.2 Å². The summed E-state index contributed by atoms with van der Waals surface area (Å²) in [5, 5.41) is 6.59. The molecule has 0 unspecified atom stereocenters. The molecule has 0 radical (unpaired) electrons. The average molecular weight is 422 g/mol. The lowest BCUT2D eigenvalue weighted by atomic mass is 10.1. The Hall–Kier alpha value is -3.64. The quantitative estimate of drug-likeness (QED) is 0.353. The van der Waals surface area contributed by atoms with Crippen LogP contribution in [0.2, 0.25) is 5.02 Å². The molecule has 2 amide bonds. The minimum Gasteiger partial charge on any atom is -0.489 e. The fourth-order valence-corrected chi connectivity index (χ4v) is 2.76. The van der Waals surface area contributed by atoms with Crippen LogP contribution in [0.1, 0.15) is 16.7 Å². The molecule has 3 aromatic rings. The van der Waals surface area contributed by atoms with E-state index in [4.69, 9.17) is 16.3 Å². The molecule has 0 atom stereocenters. The molecule has 152 valence electrons. The monoisotopic (exact) mass is 421 g/mol. The van der Waals surface area contributed by atoms with Gasteiger partial charge in [0.15, 0.2) is 0 Å². The van der Waals surface area contributed by atoms with Gasteiger partial charge in [0.25, 0.3) is 0 Å². The summed E-state index contributed by atoms with van der Waals surface area (Å²) in [5.41, 5.74) is 5.52. The van der Waals surface area contributed by atoms with Gasteiger partial charge >= 0.3 is 11.8 Å². The minimum atomic E-state index is -0.905. The van der Waals surface area contributed by atoms with Crippen molar-refractivity contribution in [2.24, 2.45) is 5.10 Å². The summed E-state index contributed by atoms with van der Waals surface area (Å²) in [4.78, 5) is 23.8. The second kappa shape index (κ2) is 10.2. The van der Waals surface area contributed by atoms with Gasteiger partial charge in [0, 0.05) is 0 Å². The number of hydrazone groups is 1. The second-order valence-corrected chi connectivity index (χ2v) is 6.83. The molecule has 3 rings (SSSR count). The van der Waals surface area contributed by atoms with Crippen LogP contribution in [0.3, 0.4) is 0 Å². The summed E-state index contributed by atoms with van der Waals surface area (Å²) in [7, 11) is 0. The molecule has 3 aromatic carbocycles. The number of nitrogens with zero attached hydrogens (tertiary/aromatic N) is 1. The third-order valence-corrected chi connectivity index (χ3v) is 4.55. The van der Waals surface area contributed by atoms with Crippen molar-refractivity contribution in [1.29, 1.82) is 0 Å². The number of aryl methyl sites for hydroxylation is 1. The second-order valence-electron chi connectivity index (χ2n) is 6.42. The standard InChI is InChI=1S/C23H20ClN3O3/c1-16-7-2-3-9-18(16)15-30-19-10-6-8-17(13-19)14-25-27-23(29)22(28)26-21-12-5-4-11-20(21)24/h2-14H,15H2,1H3,(H,26,28)(H,27,29)/b25-14+. The maximum Gasteiger partial charge on any atom is 0.329 e. The lowest BCUT2D eigenvalue weighted by molar-refractivity contribution is -0.136. The first-order chi connectivity index (χ1) is 14.5. The van der Waals surface area contributed by atoms with Gasteiger partial charge in [0.1, 0.15) is 12.4 Å². The summed E-state index contributed by atoms with van der Waals surface area (Å²) in [6.07, 6.45) is 1.43. The number of carbonyl (C=O) groups excluding carboxylic acids is 2. The third-order valence-electron chi connectivity index (χ3n) is 4.22. The van der Waals surface area contributed by atoms with Crippen LogP contribution in [0.4, 0.5) is 5.69 Å². The van der Waals surface area contributed by atoms with E-state index in [1.54, 1.807) is 36.4 Å². The Labute approximate surface area is 179 Å². The predicted molar refractivity (Wildman–Crippen MR) is 118 cm³/mol. The summed E-state index contributed by atoms with van der Waals surface area (Å²) >= 11 is 5.96. The lowest BCUT2D eigenvalue weighted by Gasteiger charge is -2.09. The lowest BCUT2D eigenvalue weighted by Crippen LogP contribution is -2.32. The fraction of sp³-hybridized carbons (Fsp3) is 0.0870. The molecule has 0 aliphatic rings. The van der Waals surface area contributed by atoms with E-state index < -0.39 is 11.8 Å². The molecule has 0 fully saturated rings. The van der Waals surface area contributed by atoms with Gasteiger partial charge in [-0.3, -0.25) is 9.59 Å². The highest BCUT2D eigenvalue weighted by Crippen LogP contribution is 2.20. The highest BCUT2D eigenvalue weighted by molar-refractivity contribution is 6.41. The van der Waals surface area contributed by atoms with Crippen LogP contribution in [0, 0.1) is 6.92 Å². The van der Waals surface area contributed by atoms with Gasteiger partial charge in [0.2, 0.25) is 0 Å². The van der Waals surface area contributed by atoms with Crippen molar-refractivity contribution >= 4 is 35.3 Å². The number of nitrogens with one attached hydrogen (secondary N) is 2. The Kier molecular flexibility index (Phi) is 7.19. The molecule has 0 aromatic heterocycles. The molecule has 0 saturated carbocycles. The van der Waals surface area contributed by atoms with Gasteiger partial charge in [-0.2, -0.15) is 5.10 Å². The zero-order chi connectivity index (χ0) is 21.3. The number of para-hydroxylation sites is 1. The number of halogens is 1. The maximum absolute atomic E-state index is 11.9.